The third-order valence-electron chi connectivity index (χ3n) is 4.36. The lowest BCUT2D eigenvalue weighted by atomic mass is 9.94. The molecule has 1 heterocycles. The van der Waals surface area contributed by atoms with Crippen molar-refractivity contribution in [1.29, 1.82) is 0 Å². The number of nitrogens with zero attached hydrogens (tertiary/aromatic N) is 1. The van der Waals surface area contributed by atoms with Gasteiger partial charge in [0.25, 0.3) is 0 Å². The summed E-state index contributed by atoms with van der Waals surface area (Å²) in [6, 6.07) is 0.392. The maximum atomic E-state index is 12.4. The first-order valence-corrected chi connectivity index (χ1v) is 8.19. The number of hydrogen-bond donors (Lipinski definition) is 1. The van der Waals surface area contributed by atoms with E-state index in [4.69, 9.17) is 0 Å². The fourth-order valence-corrected chi connectivity index (χ4v) is 2.78. The summed E-state index contributed by atoms with van der Waals surface area (Å²) in [5.74, 6) is 1.08. The van der Waals surface area contributed by atoms with Crippen molar-refractivity contribution < 1.29 is 4.79 Å². The van der Waals surface area contributed by atoms with Crippen LogP contribution in [0, 0.1) is 5.92 Å². The Morgan fingerprint density at radius 2 is 2.21 bits per heavy atom. The molecule has 0 aliphatic carbocycles. The van der Waals surface area contributed by atoms with Gasteiger partial charge in [-0.25, -0.2) is 0 Å². The Morgan fingerprint density at radius 3 is 2.79 bits per heavy atom. The Hall–Kier alpha value is -0.570. The average molecular weight is 268 g/mol. The van der Waals surface area contributed by atoms with Crippen molar-refractivity contribution in [3.63, 3.8) is 0 Å². The van der Waals surface area contributed by atoms with E-state index in [1.54, 1.807) is 0 Å². The van der Waals surface area contributed by atoms with Gasteiger partial charge in [0, 0.05) is 19.0 Å². The highest BCUT2D eigenvalue weighted by Gasteiger charge is 2.20. The minimum atomic E-state index is 0.369. The van der Waals surface area contributed by atoms with Crippen LogP contribution < -0.4 is 5.32 Å². The van der Waals surface area contributed by atoms with Crippen molar-refractivity contribution in [2.45, 2.75) is 71.8 Å². The predicted octanol–water partition coefficient (Wildman–Crippen LogP) is 3.19. The Morgan fingerprint density at radius 1 is 1.42 bits per heavy atom. The van der Waals surface area contributed by atoms with E-state index in [9.17, 15) is 4.79 Å². The zero-order valence-corrected chi connectivity index (χ0v) is 13.1. The van der Waals surface area contributed by atoms with Gasteiger partial charge in [-0.2, -0.15) is 0 Å². The van der Waals surface area contributed by atoms with E-state index in [0.717, 1.165) is 51.7 Å². The Labute approximate surface area is 119 Å². The molecule has 2 unspecified atom stereocenters. The van der Waals surface area contributed by atoms with Crippen molar-refractivity contribution >= 4 is 5.91 Å². The minimum Gasteiger partial charge on any atom is -0.340 e. The average Bonchev–Trinajstić information content (AvgIpc) is 2.46. The summed E-state index contributed by atoms with van der Waals surface area (Å²) in [4.78, 5) is 14.5. The number of amides is 1. The summed E-state index contributed by atoms with van der Waals surface area (Å²) >= 11 is 0. The van der Waals surface area contributed by atoms with Crippen LogP contribution in [0.3, 0.4) is 0 Å². The molecule has 1 aliphatic rings. The molecule has 3 heteroatoms. The van der Waals surface area contributed by atoms with Gasteiger partial charge in [0.1, 0.15) is 0 Å². The summed E-state index contributed by atoms with van der Waals surface area (Å²) in [5, 5.41) is 3.43. The van der Waals surface area contributed by atoms with Crippen molar-refractivity contribution in [2.75, 3.05) is 19.6 Å². The number of rotatable bonds is 8. The van der Waals surface area contributed by atoms with Gasteiger partial charge >= 0.3 is 0 Å². The van der Waals surface area contributed by atoms with Gasteiger partial charge in [-0.1, -0.05) is 20.3 Å². The maximum Gasteiger partial charge on any atom is 0.222 e. The van der Waals surface area contributed by atoms with Gasteiger partial charge < -0.3 is 10.2 Å². The Kier molecular flexibility index (Phi) is 8.11. The van der Waals surface area contributed by atoms with E-state index >= 15 is 0 Å². The molecule has 2 atom stereocenters. The zero-order valence-electron chi connectivity index (χ0n) is 13.1. The van der Waals surface area contributed by atoms with Crippen LogP contribution >= 0.6 is 0 Å². The highest BCUT2D eigenvalue weighted by atomic mass is 16.2. The molecule has 1 aliphatic heterocycles. The highest BCUT2D eigenvalue weighted by molar-refractivity contribution is 5.76. The number of carbonyl (C=O) groups excluding carboxylic acids is 1. The molecule has 0 spiro atoms. The van der Waals surface area contributed by atoms with Crippen molar-refractivity contribution in [3.8, 4) is 0 Å². The molecule has 0 bridgehead atoms. The van der Waals surface area contributed by atoms with Crippen LogP contribution in [-0.2, 0) is 4.79 Å². The second-order valence-corrected chi connectivity index (χ2v) is 5.95. The maximum absolute atomic E-state index is 12.4. The molecule has 1 rings (SSSR count). The van der Waals surface area contributed by atoms with E-state index < -0.39 is 0 Å². The molecular weight excluding hydrogens is 236 g/mol. The Bertz CT molecular complexity index is 249. The number of hydrogen-bond acceptors (Lipinski definition) is 2. The lowest BCUT2D eigenvalue weighted by Gasteiger charge is -2.30. The van der Waals surface area contributed by atoms with E-state index in [-0.39, 0.29) is 0 Å². The fraction of sp³-hybridized carbons (Fsp3) is 0.938. The van der Waals surface area contributed by atoms with Crippen LogP contribution in [0.15, 0.2) is 0 Å². The van der Waals surface area contributed by atoms with E-state index in [1.165, 1.54) is 12.8 Å². The first-order valence-electron chi connectivity index (χ1n) is 8.19. The zero-order chi connectivity index (χ0) is 14.1. The molecule has 1 amide bonds. The lowest BCUT2D eigenvalue weighted by molar-refractivity contribution is -0.133. The predicted molar refractivity (Wildman–Crippen MR) is 81.2 cm³/mol. The smallest absolute Gasteiger partial charge is 0.222 e. The molecule has 0 aromatic carbocycles. The third kappa shape index (κ3) is 5.94. The first kappa shape index (κ1) is 16.5. The van der Waals surface area contributed by atoms with E-state index in [2.05, 4.69) is 31.0 Å². The van der Waals surface area contributed by atoms with Crippen LogP contribution in [0.5, 0.6) is 0 Å². The molecular formula is C16H32N2O. The van der Waals surface area contributed by atoms with Gasteiger partial charge in [-0.15, -0.1) is 0 Å². The summed E-state index contributed by atoms with van der Waals surface area (Å²) in [6.45, 7) is 9.73. The van der Waals surface area contributed by atoms with Gasteiger partial charge in [0.2, 0.25) is 5.91 Å². The number of nitrogens with one attached hydrogen (secondary N) is 1. The summed E-state index contributed by atoms with van der Waals surface area (Å²) in [7, 11) is 0. The highest BCUT2D eigenvalue weighted by Crippen LogP contribution is 2.18. The molecule has 1 fully saturated rings. The van der Waals surface area contributed by atoms with Crippen LogP contribution in [0.1, 0.15) is 65.7 Å². The molecule has 112 valence electrons. The molecule has 19 heavy (non-hydrogen) atoms. The molecule has 0 saturated carbocycles. The largest absolute Gasteiger partial charge is 0.340 e. The van der Waals surface area contributed by atoms with Crippen molar-refractivity contribution in [2.24, 2.45) is 5.92 Å². The van der Waals surface area contributed by atoms with Gasteiger partial charge in [-0.3, -0.25) is 4.79 Å². The second-order valence-electron chi connectivity index (χ2n) is 5.95. The topological polar surface area (TPSA) is 32.3 Å². The van der Waals surface area contributed by atoms with E-state index in [1.807, 2.05) is 0 Å². The summed E-state index contributed by atoms with van der Waals surface area (Å²) in [5.41, 5.74) is 0. The second kappa shape index (κ2) is 9.35. The molecule has 3 nitrogen and oxygen atoms in total. The fourth-order valence-electron chi connectivity index (χ4n) is 2.78. The van der Waals surface area contributed by atoms with Crippen LogP contribution in [0.2, 0.25) is 0 Å². The number of carbonyl (C=O) groups is 1. The molecule has 1 N–H and O–H groups in total. The standard InChI is InChI=1S/C16H32N2O/c1-4-6-12-18(14(3)5-2)16(19)10-9-15-8-7-11-17-13-15/h14-15,17H,4-13H2,1-3H3. The van der Waals surface area contributed by atoms with Crippen LogP contribution in [0.4, 0.5) is 0 Å². The normalized spacial score (nSPS) is 21.1. The van der Waals surface area contributed by atoms with Gasteiger partial charge in [-0.05, 0) is 58.0 Å². The molecule has 1 saturated heterocycles. The van der Waals surface area contributed by atoms with Crippen molar-refractivity contribution in [1.82, 2.24) is 10.2 Å². The first-order chi connectivity index (χ1) is 9.19. The quantitative estimate of drug-likeness (QED) is 0.733. The number of piperidine rings is 1. The van der Waals surface area contributed by atoms with E-state index in [0.29, 0.717) is 17.9 Å². The SMILES string of the molecule is CCCCN(C(=O)CCC1CCCNC1)C(C)CC. The summed E-state index contributed by atoms with van der Waals surface area (Å²) < 4.78 is 0. The Balaban J connectivity index is 2.37. The summed E-state index contributed by atoms with van der Waals surface area (Å²) in [6.07, 6.45) is 7.70. The third-order valence-corrected chi connectivity index (χ3v) is 4.36. The van der Waals surface area contributed by atoms with Gasteiger partial charge in [0.05, 0.1) is 0 Å². The molecule has 0 aromatic rings. The van der Waals surface area contributed by atoms with Crippen LogP contribution in [0.25, 0.3) is 0 Å². The molecule has 0 aromatic heterocycles. The molecule has 0 radical (unpaired) electrons. The van der Waals surface area contributed by atoms with Crippen LogP contribution in [-0.4, -0.2) is 36.5 Å². The number of unbranched alkanes of at least 4 members (excludes halogenated alkanes) is 1. The van der Waals surface area contributed by atoms with Gasteiger partial charge in [0.15, 0.2) is 0 Å². The van der Waals surface area contributed by atoms with Crippen molar-refractivity contribution in [3.05, 3.63) is 0 Å². The monoisotopic (exact) mass is 268 g/mol. The lowest BCUT2D eigenvalue weighted by Crippen LogP contribution is -2.39. The minimum absolute atomic E-state index is 0.369.